The molecule has 100 valence electrons. The van der Waals surface area contributed by atoms with Gasteiger partial charge in [0.15, 0.2) is 0 Å². The molecule has 0 amide bonds. The summed E-state index contributed by atoms with van der Waals surface area (Å²) in [7, 11) is -3.69. The van der Waals surface area contributed by atoms with E-state index in [4.69, 9.17) is 11.6 Å². The number of sulfonamides is 1. The number of hydrogen-bond acceptors (Lipinski definition) is 2. The highest BCUT2D eigenvalue weighted by atomic mass is 35.5. The summed E-state index contributed by atoms with van der Waals surface area (Å²) in [5, 5.41) is -0.186. The maximum Gasteiger partial charge on any atom is 0.240 e. The van der Waals surface area contributed by atoms with E-state index in [-0.39, 0.29) is 16.8 Å². The number of rotatable bonds is 5. The molecule has 1 saturated carbocycles. The van der Waals surface area contributed by atoms with E-state index in [0.717, 1.165) is 18.9 Å². The molecular formula is C12H15ClFNO2S. The van der Waals surface area contributed by atoms with Crippen molar-refractivity contribution in [2.75, 3.05) is 6.54 Å². The lowest BCUT2D eigenvalue weighted by atomic mass is 10.2. The molecule has 6 heteroatoms. The average Bonchev–Trinajstić information content (AvgIpc) is 3.13. The molecule has 3 nitrogen and oxygen atoms in total. The number of benzene rings is 1. The molecular weight excluding hydrogens is 277 g/mol. The van der Waals surface area contributed by atoms with Gasteiger partial charge >= 0.3 is 0 Å². The second-order valence-electron chi connectivity index (χ2n) is 4.62. The normalized spacial score (nSPS) is 17.7. The zero-order chi connectivity index (χ0) is 13.3. The van der Waals surface area contributed by atoms with E-state index in [1.807, 2.05) is 0 Å². The Labute approximate surface area is 111 Å². The number of nitrogens with one attached hydrogen (secondary N) is 1. The molecule has 2 rings (SSSR count). The van der Waals surface area contributed by atoms with Crippen molar-refractivity contribution in [3.63, 3.8) is 0 Å². The largest absolute Gasteiger partial charge is 0.240 e. The van der Waals surface area contributed by atoms with E-state index in [1.54, 1.807) is 6.92 Å². The van der Waals surface area contributed by atoms with Crippen LogP contribution < -0.4 is 4.72 Å². The van der Waals surface area contributed by atoms with Crippen LogP contribution in [0.1, 0.15) is 18.4 Å². The molecule has 0 aromatic heterocycles. The van der Waals surface area contributed by atoms with Crippen LogP contribution in [0.25, 0.3) is 0 Å². The van der Waals surface area contributed by atoms with Crippen LogP contribution >= 0.6 is 11.6 Å². The van der Waals surface area contributed by atoms with Gasteiger partial charge in [0.2, 0.25) is 10.0 Å². The maximum atomic E-state index is 13.1. The van der Waals surface area contributed by atoms with Gasteiger partial charge in [-0.25, -0.2) is 17.5 Å². The van der Waals surface area contributed by atoms with Crippen molar-refractivity contribution in [3.05, 3.63) is 29.6 Å². The van der Waals surface area contributed by atoms with Crippen LogP contribution in [-0.2, 0) is 10.0 Å². The molecule has 1 N–H and O–H groups in total. The van der Waals surface area contributed by atoms with Gasteiger partial charge in [-0.3, -0.25) is 0 Å². The zero-order valence-electron chi connectivity index (χ0n) is 9.99. The Bertz CT molecular complexity index is 543. The summed E-state index contributed by atoms with van der Waals surface area (Å²) in [6, 6.07) is 3.71. The van der Waals surface area contributed by atoms with Gasteiger partial charge in [-0.2, -0.15) is 0 Å². The summed E-state index contributed by atoms with van der Waals surface area (Å²) in [5.41, 5.74) is 0.515. The third-order valence-electron chi connectivity index (χ3n) is 3.04. The number of hydrogen-bond donors (Lipinski definition) is 1. The molecule has 0 bridgehead atoms. The first-order valence-corrected chi connectivity index (χ1v) is 7.72. The number of alkyl halides is 1. The fraction of sp³-hybridized carbons (Fsp3) is 0.500. The predicted molar refractivity (Wildman–Crippen MR) is 68.7 cm³/mol. The summed E-state index contributed by atoms with van der Waals surface area (Å²) in [5.74, 6) is -0.159. The first-order valence-electron chi connectivity index (χ1n) is 5.80. The summed E-state index contributed by atoms with van der Waals surface area (Å²) < 4.78 is 39.6. The molecule has 18 heavy (non-hydrogen) atoms. The van der Waals surface area contributed by atoms with Crippen LogP contribution in [0.15, 0.2) is 23.1 Å². The van der Waals surface area contributed by atoms with E-state index in [1.165, 1.54) is 12.1 Å². The SMILES string of the molecule is Cc1ccc(F)cc1S(=O)(=O)NCC(Cl)C1CC1. The van der Waals surface area contributed by atoms with E-state index in [2.05, 4.69) is 4.72 Å². The van der Waals surface area contributed by atoms with Crippen LogP contribution in [0.3, 0.4) is 0 Å². The summed E-state index contributed by atoms with van der Waals surface area (Å²) in [6.07, 6.45) is 2.10. The minimum atomic E-state index is -3.69. The molecule has 0 saturated heterocycles. The van der Waals surface area contributed by atoms with E-state index in [0.29, 0.717) is 11.5 Å². The average molecular weight is 292 g/mol. The molecule has 0 radical (unpaired) electrons. The van der Waals surface area contributed by atoms with Gasteiger partial charge < -0.3 is 0 Å². The lowest BCUT2D eigenvalue weighted by Crippen LogP contribution is -2.31. The quantitative estimate of drug-likeness (QED) is 0.847. The molecule has 1 aromatic carbocycles. The molecule has 0 heterocycles. The topological polar surface area (TPSA) is 46.2 Å². The molecule has 0 aliphatic heterocycles. The zero-order valence-corrected chi connectivity index (χ0v) is 11.6. The van der Waals surface area contributed by atoms with Crippen LogP contribution in [-0.4, -0.2) is 20.3 Å². The highest BCUT2D eigenvalue weighted by molar-refractivity contribution is 7.89. The number of halogens is 2. The van der Waals surface area contributed by atoms with Crippen molar-refractivity contribution in [2.24, 2.45) is 5.92 Å². The van der Waals surface area contributed by atoms with Crippen LogP contribution in [0.4, 0.5) is 4.39 Å². The van der Waals surface area contributed by atoms with Crippen molar-refractivity contribution >= 4 is 21.6 Å². The molecule has 1 aromatic rings. The van der Waals surface area contributed by atoms with Crippen molar-refractivity contribution in [3.8, 4) is 0 Å². The van der Waals surface area contributed by atoms with Crippen molar-refractivity contribution in [1.82, 2.24) is 4.72 Å². The lowest BCUT2D eigenvalue weighted by Gasteiger charge is -2.12. The smallest absolute Gasteiger partial charge is 0.210 e. The summed E-state index contributed by atoms with van der Waals surface area (Å²) >= 11 is 6.04. The second kappa shape index (κ2) is 5.15. The molecule has 0 spiro atoms. The summed E-state index contributed by atoms with van der Waals surface area (Å²) in [6.45, 7) is 1.82. The Hall–Kier alpha value is -0.650. The molecule has 1 unspecified atom stereocenters. The molecule has 1 atom stereocenters. The Morgan fingerprint density at radius 2 is 2.17 bits per heavy atom. The highest BCUT2D eigenvalue weighted by Crippen LogP contribution is 2.35. The second-order valence-corrected chi connectivity index (χ2v) is 6.91. The van der Waals surface area contributed by atoms with Crippen molar-refractivity contribution < 1.29 is 12.8 Å². The minimum absolute atomic E-state index is 0.0258. The van der Waals surface area contributed by atoms with Crippen molar-refractivity contribution in [2.45, 2.75) is 30.0 Å². The van der Waals surface area contributed by atoms with Crippen molar-refractivity contribution in [1.29, 1.82) is 0 Å². The first-order chi connectivity index (χ1) is 8.40. The predicted octanol–water partition coefficient (Wildman–Crippen LogP) is 2.43. The van der Waals surface area contributed by atoms with Crippen LogP contribution in [0.5, 0.6) is 0 Å². The monoisotopic (exact) mass is 291 g/mol. The van der Waals surface area contributed by atoms with Gasteiger partial charge in [0, 0.05) is 11.9 Å². The highest BCUT2D eigenvalue weighted by Gasteiger charge is 2.30. The standard InChI is InChI=1S/C12H15ClFNO2S/c1-8-2-5-10(14)6-12(8)18(16,17)15-7-11(13)9-3-4-9/h2,5-6,9,11,15H,3-4,7H2,1H3. The molecule has 1 aliphatic rings. The van der Waals surface area contributed by atoms with E-state index in [9.17, 15) is 12.8 Å². The van der Waals surface area contributed by atoms with Gasteiger partial charge in [0.1, 0.15) is 5.82 Å². The lowest BCUT2D eigenvalue weighted by molar-refractivity contribution is 0.572. The Balaban J connectivity index is 2.11. The molecule has 1 aliphatic carbocycles. The third-order valence-corrected chi connectivity index (χ3v) is 5.12. The van der Waals surface area contributed by atoms with E-state index < -0.39 is 15.8 Å². The fourth-order valence-electron chi connectivity index (χ4n) is 1.76. The Morgan fingerprint density at radius 1 is 1.50 bits per heavy atom. The maximum absolute atomic E-state index is 13.1. The van der Waals surface area contributed by atoms with Gasteiger partial charge in [-0.1, -0.05) is 6.07 Å². The van der Waals surface area contributed by atoms with Gasteiger partial charge in [0.05, 0.1) is 4.90 Å². The number of aryl methyl sites for hydroxylation is 1. The van der Waals surface area contributed by atoms with Crippen LogP contribution in [0, 0.1) is 18.7 Å². The fourth-order valence-corrected chi connectivity index (χ4v) is 3.49. The summed E-state index contributed by atoms with van der Waals surface area (Å²) in [4.78, 5) is -0.0258. The van der Waals surface area contributed by atoms with Gasteiger partial charge in [0.25, 0.3) is 0 Å². The van der Waals surface area contributed by atoms with Gasteiger partial charge in [-0.15, -0.1) is 11.6 Å². The first kappa shape index (κ1) is 13.8. The Morgan fingerprint density at radius 3 is 2.78 bits per heavy atom. The van der Waals surface area contributed by atoms with Gasteiger partial charge in [-0.05, 0) is 43.4 Å². The third kappa shape index (κ3) is 3.22. The Kier molecular flexibility index (Phi) is 3.94. The van der Waals surface area contributed by atoms with E-state index >= 15 is 0 Å². The minimum Gasteiger partial charge on any atom is -0.210 e. The van der Waals surface area contributed by atoms with Crippen LogP contribution in [0.2, 0.25) is 0 Å². The molecule has 1 fully saturated rings.